The molecular formula is C18H19ClN2O3S. The second kappa shape index (κ2) is 7.03. The second-order valence-corrected chi connectivity index (χ2v) is 7.70. The Labute approximate surface area is 155 Å². The molecule has 2 fully saturated rings. The summed E-state index contributed by atoms with van der Waals surface area (Å²) in [6.45, 7) is 1.34. The third-order valence-corrected chi connectivity index (χ3v) is 5.83. The van der Waals surface area contributed by atoms with Gasteiger partial charge >= 0.3 is 0 Å². The fourth-order valence-electron chi connectivity index (χ4n) is 3.38. The monoisotopic (exact) mass is 378 g/mol. The summed E-state index contributed by atoms with van der Waals surface area (Å²) in [6.07, 6.45) is 3.36. The van der Waals surface area contributed by atoms with E-state index in [0.29, 0.717) is 23.9 Å². The molecule has 5 nitrogen and oxygen atoms in total. The Kier molecular flexibility index (Phi) is 4.78. The minimum absolute atomic E-state index is 0.126. The molecule has 25 heavy (non-hydrogen) atoms. The zero-order valence-corrected chi connectivity index (χ0v) is 15.2. The van der Waals surface area contributed by atoms with Crippen LogP contribution in [0.15, 0.2) is 29.6 Å². The molecular weight excluding hydrogens is 360 g/mol. The van der Waals surface area contributed by atoms with Gasteiger partial charge in [0.1, 0.15) is 10.7 Å². The maximum absolute atomic E-state index is 12.5. The van der Waals surface area contributed by atoms with Crippen LogP contribution in [0.5, 0.6) is 0 Å². The van der Waals surface area contributed by atoms with E-state index in [9.17, 15) is 4.79 Å². The van der Waals surface area contributed by atoms with E-state index in [2.05, 4.69) is 10.3 Å². The van der Waals surface area contributed by atoms with Crippen LogP contribution in [0.1, 0.15) is 36.2 Å². The van der Waals surface area contributed by atoms with Crippen LogP contribution in [0.2, 0.25) is 5.02 Å². The highest BCUT2D eigenvalue weighted by Gasteiger charge is 2.40. The van der Waals surface area contributed by atoms with E-state index in [-0.39, 0.29) is 11.9 Å². The molecule has 1 spiro atoms. The molecule has 4 rings (SSSR count). The third-order valence-electron chi connectivity index (χ3n) is 4.70. The van der Waals surface area contributed by atoms with Gasteiger partial charge in [-0.25, -0.2) is 4.98 Å². The Bertz CT molecular complexity index is 763. The molecule has 1 saturated heterocycles. The summed E-state index contributed by atoms with van der Waals surface area (Å²) in [7, 11) is 0. The lowest BCUT2D eigenvalue weighted by Gasteiger charge is -2.35. The first kappa shape index (κ1) is 17.0. The van der Waals surface area contributed by atoms with Crippen LogP contribution < -0.4 is 5.32 Å². The number of carbonyl (C=O) groups excluding carboxylic acids is 1. The van der Waals surface area contributed by atoms with Gasteiger partial charge in [-0.1, -0.05) is 23.7 Å². The van der Waals surface area contributed by atoms with E-state index in [1.807, 2.05) is 24.3 Å². The molecule has 7 heteroatoms. The van der Waals surface area contributed by atoms with Gasteiger partial charge in [-0.2, -0.15) is 0 Å². The normalized spacial score (nSPS) is 20.0. The van der Waals surface area contributed by atoms with Crippen molar-refractivity contribution in [1.82, 2.24) is 10.3 Å². The largest absolute Gasteiger partial charge is 0.348 e. The first-order valence-electron chi connectivity index (χ1n) is 8.44. The summed E-state index contributed by atoms with van der Waals surface area (Å²) in [4.78, 5) is 16.9. The number of aromatic nitrogens is 1. The third kappa shape index (κ3) is 3.72. The fourth-order valence-corrected chi connectivity index (χ4v) is 4.37. The maximum atomic E-state index is 12.5. The van der Waals surface area contributed by atoms with E-state index >= 15 is 0 Å². The van der Waals surface area contributed by atoms with Gasteiger partial charge in [-0.15, -0.1) is 11.3 Å². The van der Waals surface area contributed by atoms with E-state index in [1.54, 1.807) is 5.38 Å². The molecule has 0 radical (unpaired) electrons. The maximum Gasteiger partial charge on any atom is 0.270 e. The van der Waals surface area contributed by atoms with E-state index in [0.717, 1.165) is 36.3 Å². The van der Waals surface area contributed by atoms with Gasteiger partial charge in [-0.05, 0) is 25.0 Å². The highest BCUT2D eigenvalue weighted by molar-refractivity contribution is 7.13. The highest BCUT2D eigenvalue weighted by atomic mass is 35.5. The summed E-state index contributed by atoms with van der Waals surface area (Å²) >= 11 is 7.47. The van der Waals surface area contributed by atoms with Crippen LogP contribution in [-0.2, 0) is 9.47 Å². The summed E-state index contributed by atoms with van der Waals surface area (Å²) in [6, 6.07) is 7.63. The molecule has 0 atom stereocenters. The molecule has 2 aromatic rings. The number of hydrogen-bond acceptors (Lipinski definition) is 5. The summed E-state index contributed by atoms with van der Waals surface area (Å²) in [5.41, 5.74) is 1.38. The van der Waals surface area contributed by atoms with Gasteiger partial charge in [-0.3, -0.25) is 4.79 Å². The predicted octanol–water partition coefficient (Wildman–Crippen LogP) is 3.88. The fraction of sp³-hybridized carbons (Fsp3) is 0.444. The molecule has 0 bridgehead atoms. The van der Waals surface area contributed by atoms with Gasteiger partial charge in [0.05, 0.1) is 13.2 Å². The summed E-state index contributed by atoms with van der Waals surface area (Å²) < 4.78 is 11.4. The molecule has 1 aromatic carbocycles. The second-order valence-electron chi connectivity index (χ2n) is 6.40. The van der Waals surface area contributed by atoms with E-state index < -0.39 is 5.79 Å². The Balaban J connectivity index is 1.37. The van der Waals surface area contributed by atoms with Gasteiger partial charge < -0.3 is 14.8 Å². The number of thiazole rings is 1. The van der Waals surface area contributed by atoms with Crippen LogP contribution in [0.25, 0.3) is 10.6 Å². The number of nitrogens with zero attached hydrogens (tertiary/aromatic N) is 1. The quantitative estimate of drug-likeness (QED) is 0.880. The SMILES string of the molecule is O=C(NC1CCC2(CC1)OCCO2)c1csc(-c2cccc(Cl)c2)n1. The summed E-state index contributed by atoms with van der Waals surface area (Å²) in [5, 5.41) is 6.33. The minimum Gasteiger partial charge on any atom is -0.348 e. The van der Waals surface area contributed by atoms with Crippen LogP contribution in [0.4, 0.5) is 0 Å². The number of amides is 1. The van der Waals surface area contributed by atoms with Gasteiger partial charge in [0, 0.05) is 34.8 Å². The molecule has 1 aliphatic heterocycles. The van der Waals surface area contributed by atoms with Crippen LogP contribution in [0.3, 0.4) is 0 Å². The number of halogens is 1. The first-order valence-corrected chi connectivity index (χ1v) is 9.70. The van der Waals surface area contributed by atoms with E-state index in [4.69, 9.17) is 21.1 Å². The number of rotatable bonds is 3. The van der Waals surface area contributed by atoms with Crippen molar-refractivity contribution in [1.29, 1.82) is 0 Å². The Hall–Kier alpha value is -1.47. The van der Waals surface area contributed by atoms with Crippen LogP contribution >= 0.6 is 22.9 Å². The molecule has 2 heterocycles. The number of nitrogens with one attached hydrogen (secondary N) is 1. The zero-order chi connectivity index (χ0) is 17.3. The summed E-state index contributed by atoms with van der Waals surface area (Å²) in [5.74, 6) is -0.527. The van der Waals surface area contributed by atoms with Crippen molar-refractivity contribution in [3.05, 3.63) is 40.4 Å². The molecule has 0 unspecified atom stereocenters. The Morgan fingerprint density at radius 1 is 1.28 bits per heavy atom. The smallest absolute Gasteiger partial charge is 0.270 e. The number of hydrogen-bond donors (Lipinski definition) is 1. The molecule has 1 N–H and O–H groups in total. The average Bonchev–Trinajstić information content (AvgIpc) is 3.27. The zero-order valence-electron chi connectivity index (χ0n) is 13.7. The number of carbonyl (C=O) groups is 1. The van der Waals surface area contributed by atoms with Crippen LogP contribution in [0, 0.1) is 0 Å². The lowest BCUT2D eigenvalue weighted by molar-refractivity contribution is -0.179. The highest BCUT2D eigenvalue weighted by Crippen LogP contribution is 2.35. The van der Waals surface area contributed by atoms with E-state index in [1.165, 1.54) is 11.3 Å². The number of benzene rings is 1. The lowest BCUT2D eigenvalue weighted by Crippen LogP contribution is -2.44. The topological polar surface area (TPSA) is 60.5 Å². The van der Waals surface area contributed by atoms with Gasteiger partial charge in [0.2, 0.25) is 0 Å². The number of ether oxygens (including phenoxy) is 2. The molecule has 132 valence electrons. The van der Waals surface area contributed by atoms with Crippen molar-refractivity contribution in [3.8, 4) is 10.6 Å². The molecule has 2 aliphatic rings. The van der Waals surface area contributed by atoms with Crippen molar-refractivity contribution in [3.63, 3.8) is 0 Å². The van der Waals surface area contributed by atoms with Gasteiger partial charge in [0.25, 0.3) is 5.91 Å². The van der Waals surface area contributed by atoms with Crippen molar-refractivity contribution >= 4 is 28.8 Å². The minimum atomic E-state index is -0.401. The molecule has 1 amide bonds. The first-order chi connectivity index (χ1) is 12.1. The van der Waals surface area contributed by atoms with Gasteiger partial charge in [0.15, 0.2) is 5.79 Å². The standard InChI is InChI=1S/C18H19ClN2O3S/c19-13-3-1-2-12(10-13)17-21-15(11-25-17)16(22)20-14-4-6-18(7-5-14)23-8-9-24-18/h1-3,10-11,14H,4-9H2,(H,20,22). The van der Waals surface area contributed by atoms with Crippen LogP contribution in [-0.4, -0.2) is 35.9 Å². The van der Waals surface area contributed by atoms with Crippen molar-refractivity contribution in [2.75, 3.05) is 13.2 Å². The molecule has 1 aromatic heterocycles. The Morgan fingerprint density at radius 3 is 2.76 bits per heavy atom. The Morgan fingerprint density at radius 2 is 2.04 bits per heavy atom. The van der Waals surface area contributed by atoms with Crippen molar-refractivity contribution in [2.24, 2.45) is 0 Å². The average molecular weight is 379 g/mol. The predicted molar refractivity (Wildman–Crippen MR) is 96.9 cm³/mol. The van der Waals surface area contributed by atoms with Crippen molar-refractivity contribution in [2.45, 2.75) is 37.5 Å². The lowest BCUT2D eigenvalue weighted by atomic mass is 9.90. The molecule has 1 aliphatic carbocycles. The molecule has 1 saturated carbocycles. The van der Waals surface area contributed by atoms with Crippen molar-refractivity contribution < 1.29 is 14.3 Å².